The Bertz CT molecular complexity index is 1240. The molecule has 188 valence electrons. The van der Waals surface area contributed by atoms with E-state index in [0.717, 1.165) is 36.0 Å². The van der Waals surface area contributed by atoms with E-state index in [2.05, 4.69) is 20.5 Å². The van der Waals surface area contributed by atoms with Gasteiger partial charge in [-0.2, -0.15) is 23.4 Å². The van der Waals surface area contributed by atoms with Crippen molar-refractivity contribution in [2.24, 2.45) is 13.0 Å². The van der Waals surface area contributed by atoms with Crippen molar-refractivity contribution in [2.45, 2.75) is 58.8 Å². The van der Waals surface area contributed by atoms with Gasteiger partial charge in [0.05, 0.1) is 24.1 Å². The van der Waals surface area contributed by atoms with Crippen molar-refractivity contribution in [3.8, 4) is 0 Å². The van der Waals surface area contributed by atoms with Gasteiger partial charge >= 0.3 is 6.18 Å². The van der Waals surface area contributed by atoms with E-state index in [1.165, 1.54) is 11.7 Å². The van der Waals surface area contributed by atoms with Gasteiger partial charge in [-0.3, -0.25) is 14.2 Å². The van der Waals surface area contributed by atoms with Crippen molar-refractivity contribution in [2.75, 3.05) is 17.3 Å². The molecule has 12 heteroatoms. The maximum Gasteiger partial charge on any atom is 0.435 e. The van der Waals surface area contributed by atoms with Crippen LogP contribution in [-0.2, 0) is 37.4 Å². The zero-order valence-electron chi connectivity index (χ0n) is 19.1. The molecule has 1 amide bonds. The third-order valence-electron chi connectivity index (χ3n) is 6.37. The highest BCUT2D eigenvalue weighted by atomic mass is 19.4. The fourth-order valence-corrected chi connectivity index (χ4v) is 4.41. The zero-order chi connectivity index (χ0) is 24.2. The summed E-state index contributed by atoms with van der Waals surface area (Å²) in [6.07, 6.45) is 2.32. The van der Waals surface area contributed by atoms with Crippen molar-refractivity contribution < 1.29 is 18.0 Å². The largest absolute Gasteiger partial charge is 0.435 e. The van der Waals surface area contributed by atoms with Gasteiger partial charge in [0.25, 0.3) is 0 Å². The summed E-state index contributed by atoms with van der Waals surface area (Å²) in [6.45, 7) is 2.04. The van der Waals surface area contributed by atoms with Crippen LogP contribution >= 0.6 is 0 Å². The zero-order valence-corrected chi connectivity index (χ0v) is 19.1. The molecule has 4 heterocycles. The van der Waals surface area contributed by atoms with Gasteiger partial charge < -0.3 is 10.2 Å². The van der Waals surface area contributed by atoms with Gasteiger partial charge in [-0.15, -0.1) is 0 Å². The number of anilines is 2. The topological polar surface area (TPSA) is 93.8 Å². The van der Waals surface area contributed by atoms with E-state index < -0.39 is 11.9 Å². The van der Waals surface area contributed by atoms with Crippen molar-refractivity contribution in [3.63, 3.8) is 0 Å². The number of alkyl halides is 3. The molecule has 1 atom stereocenters. The van der Waals surface area contributed by atoms with Gasteiger partial charge in [0.2, 0.25) is 5.91 Å². The number of carbonyl (C=O) groups is 1. The molecule has 1 N–H and O–H groups in total. The molecule has 1 fully saturated rings. The molecule has 3 aromatic heterocycles. The Morgan fingerprint density at radius 2 is 1.91 bits per heavy atom. The van der Waals surface area contributed by atoms with Gasteiger partial charge in [0, 0.05) is 26.7 Å². The molecule has 3 aromatic rings. The number of nitrogens with zero attached hydrogens (tertiary/aromatic N) is 7. The molecule has 5 rings (SSSR count). The molecule has 35 heavy (non-hydrogen) atoms. The molecule has 0 unspecified atom stereocenters. The molecule has 0 saturated heterocycles. The van der Waals surface area contributed by atoms with E-state index in [9.17, 15) is 18.0 Å². The Morgan fingerprint density at radius 3 is 2.57 bits per heavy atom. The second-order valence-corrected chi connectivity index (χ2v) is 8.99. The third kappa shape index (κ3) is 4.87. The Hall–Kier alpha value is -3.44. The first-order chi connectivity index (χ1) is 16.1. The highest BCUT2D eigenvalue weighted by Crippen LogP contribution is 2.41. The minimum absolute atomic E-state index is 0. The molecule has 1 aliphatic carbocycles. The van der Waals surface area contributed by atoms with Crippen LogP contribution in [0.15, 0.2) is 18.5 Å². The van der Waals surface area contributed by atoms with Crippen LogP contribution < -0.4 is 10.2 Å². The number of likely N-dealkylation sites (N-methyl/N-ethyl adjacent to an activating group) is 1. The second kappa shape index (κ2) is 8.97. The first kappa shape index (κ1) is 24.7. The first-order valence-electron chi connectivity index (χ1n) is 11.1. The number of hydrogen-bond acceptors (Lipinski definition) is 6. The van der Waals surface area contributed by atoms with Crippen molar-refractivity contribution in [3.05, 3.63) is 46.9 Å². The minimum Gasteiger partial charge on any atom is -0.346 e. The lowest BCUT2D eigenvalue weighted by Gasteiger charge is -2.35. The molecule has 2 aliphatic rings. The normalized spacial score (nSPS) is 17.7. The number of carbonyl (C=O) groups excluding carboxylic acids is 1. The summed E-state index contributed by atoms with van der Waals surface area (Å²) in [7, 11) is 3.39. The number of halogens is 3. The molecule has 1 aliphatic heterocycles. The molecule has 0 spiro atoms. The predicted molar refractivity (Wildman–Crippen MR) is 124 cm³/mol. The van der Waals surface area contributed by atoms with Crippen LogP contribution in [0.5, 0.6) is 0 Å². The van der Waals surface area contributed by atoms with Gasteiger partial charge in [-0.05, 0) is 43.7 Å². The number of aryl methyl sites for hydroxylation is 4. The molecular formula is C23H29F3N8O. The fourth-order valence-electron chi connectivity index (χ4n) is 4.41. The highest BCUT2D eigenvalue weighted by Gasteiger charge is 2.43. The Labute approximate surface area is 201 Å². The van der Waals surface area contributed by atoms with Crippen LogP contribution in [0.2, 0.25) is 0 Å². The van der Waals surface area contributed by atoms with E-state index in [0.29, 0.717) is 36.0 Å². The Balaban J connectivity index is 0.00000289. The van der Waals surface area contributed by atoms with E-state index in [1.54, 1.807) is 17.1 Å². The summed E-state index contributed by atoms with van der Waals surface area (Å²) >= 11 is 0. The summed E-state index contributed by atoms with van der Waals surface area (Å²) in [5.74, 6) is 1.78. The number of rotatable bonds is 6. The van der Waals surface area contributed by atoms with E-state index in [-0.39, 0.29) is 25.9 Å². The number of amides is 1. The Kier molecular flexibility index (Phi) is 6.32. The number of fused-ring (bicyclic) bond motifs is 1. The summed E-state index contributed by atoms with van der Waals surface area (Å²) in [6, 6.07) is 0.840. The highest BCUT2D eigenvalue weighted by molar-refractivity contribution is 6.03. The van der Waals surface area contributed by atoms with Crippen LogP contribution in [0, 0.1) is 12.8 Å². The summed E-state index contributed by atoms with van der Waals surface area (Å²) in [5, 5.41) is 10.8. The molecule has 0 bridgehead atoms. The number of nitrogens with one attached hydrogen (secondary N) is 1. The van der Waals surface area contributed by atoms with E-state index in [1.807, 2.05) is 18.9 Å². The van der Waals surface area contributed by atoms with Crippen LogP contribution in [-0.4, -0.2) is 48.5 Å². The fraction of sp³-hybridized carbons (Fsp3) is 0.522. The lowest BCUT2D eigenvalue weighted by Crippen LogP contribution is -2.48. The van der Waals surface area contributed by atoms with Crippen molar-refractivity contribution in [1.82, 2.24) is 29.5 Å². The average Bonchev–Trinajstić information content (AvgIpc) is 3.37. The van der Waals surface area contributed by atoms with E-state index in [4.69, 9.17) is 4.98 Å². The maximum atomic E-state index is 12.9. The van der Waals surface area contributed by atoms with Gasteiger partial charge in [-0.1, -0.05) is 7.43 Å². The van der Waals surface area contributed by atoms with Gasteiger partial charge in [-0.25, -0.2) is 9.97 Å². The smallest absolute Gasteiger partial charge is 0.346 e. The molecule has 0 radical (unpaired) electrons. The monoisotopic (exact) mass is 490 g/mol. The number of aromatic nitrogens is 6. The molecule has 1 saturated carbocycles. The van der Waals surface area contributed by atoms with Gasteiger partial charge in [0.15, 0.2) is 11.5 Å². The second-order valence-electron chi connectivity index (χ2n) is 8.99. The maximum absolute atomic E-state index is 12.9. The van der Waals surface area contributed by atoms with Gasteiger partial charge in [0.1, 0.15) is 17.6 Å². The summed E-state index contributed by atoms with van der Waals surface area (Å²) in [5.41, 5.74) is 1.81. The van der Waals surface area contributed by atoms with Crippen LogP contribution in [0.25, 0.3) is 0 Å². The van der Waals surface area contributed by atoms with Crippen LogP contribution in [0.1, 0.15) is 48.7 Å². The summed E-state index contributed by atoms with van der Waals surface area (Å²) in [4.78, 5) is 23.8. The first-order valence-corrected chi connectivity index (χ1v) is 11.1. The Morgan fingerprint density at radius 1 is 1.17 bits per heavy atom. The minimum atomic E-state index is -4.48. The van der Waals surface area contributed by atoms with Crippen LogP contribution in [0.3, 0.4) is 0 Å². The number of hydrogen-bond donors (Lipinski definition) is 1. The SMILES string of the molecule is C.Cc1nc(CCc2cnn(Cc3cc(C(F)(F)F)nn3C)c2)nc2c1NC(=O)[C@@H](C1CC1)N2C. The summed E-state index contributed by atoms with van der Waals surface area (Å²) < 4.78 is 41.5. The van der Waals surface area contributed by atoms with E-state index >= 15 is 0 Å². The third-order valence-corrected chi connectivity index (χ3v) is 6.37. The molecule has 0 aromatic carbocycles. The van der Waals surface area contributed by atoms with Crippen LogP contribution in [0.4, 0.5) is 24.7 Å². The standard InChI is InChI=1S/C22H25F3N8O.CH4/c1-12-18-20(31(2)19(14-5-6-14)21(34)29-18)28-17(27-12)7-4-13-9-26-33(10-13)11-15-8-16(22(23,24)25)30-32(15)3;/h8-10,14,19H,4-7,11H2,1-3H3,(H,29,34);1H4/t19-;/m1./s1. The molecular weight excluding hydrogens is 461 g/mol. The predicted octanol–water partition coefficient (Wildman–Crippen LogP) is 3.37. The quantitative estimate of drug-likeness (QED) is 0.570. The lowest BCUT2D eigenvalue weighted by molar-refractivity contribution is -0.141. The van der Waals surface area contributed by atoms with Crippen molar-refractivity contribution >= 4 is 17.4 Å². The lowest BCUT2D eigenvalue weighted by atomic mass is 10.1. The average molecular weight is 491 g/mol. The molecule has 9 nitrogen and oxygen atoms in total. The van der Waals surface area contributed by atoms with Crippen molar-refractivity contribution in [1.29, 1.82) is 0 Å².